The van der Waals surface area contributed by atoms with Gasteiger partial charge in [-0.2, -0.15) is 0 Å². The Balaban J connectivity index is 1.69. The third-order valence-electron chi connectivity index (χ3n) is 3.45. The Morgan fingerprint density at radius 2 is 2.00 bits per heavy atom. The largest absolute Gasteiger partial charge is 0.425 e. The van der Waals surface area contributed by atoms with Crippen molar-refractivity contribution in [3.63, 3.8) is 0 Å². The average Bonchev–Trinajstić information content (AvgIpc) is 2.84. The first-order valence-corrected chi connectivity index (χ1v) is 7.45. The van der Waals surface area contributed by atoms with E-state index in [0.717, 1.165) is 39.3 Å². The molecule has 0 spiro atoms. The van der Waals surface area contributed by atoms with Gasteiger partial charge in [0, 0.05) is 39.6 Å². The molecule has 118 valence electrons. The molecule has 0 unspecified atom stereocenters. The summed E-state index contributed by atoms with van der Waals surface area (Å²) in [6.45, 7) is 10.7. The number of aryl methyl sites for hydroxylation is 1. The molecule has 2 heterocycles. The van der Waals surface area contributed by atoms with Crippen LogP contribution in [0.15, 0.2) is 4.42 Å². The smallest absolute Gasteiger partial charge is 0.232 e. The number of carbonyl (C=O) groups excluding carboxylic acids is 1. The van der Waals surface area contributed by atoms with Crippen molar-refractivity contribution in [1.29, 1.82) is 0 Å². The zero-order valence-electron chi connectivity index (χ0n) is 13.0. The Kier molecular flexibility index (Phi) is 5.69. The first-order chi connectivity index (χ1) is 10.0. The van der Waals surface area contributed by atoms with Crippen LogP contribution in [-0.4, -0.2) is 71.3 Å². The van der Waals surface area contributed by atoms with E-state index in [1.807, 2.05) is 18.7 Å². The average molecular weight is 296 g/mol. The summed E-state index contributed by atoms with van der Waals surface area (Å²) in [4.78, 5) is 16.3. The molecule has 1 aliphatic rings. The highest BCUT2D eigenvalue weighted by atomic mass is 16.5. The van der Waals surface area contributed by atoms with E-state index < -0.39 is 0 Å². The highest BCUT2D eigenvalue weighted by molar-refractivity contribution is 5.77. The minimum absolute atomic E-state index is 0.0525. The normalized spacial score (nSPS) is 16.7. The molecule has 0 aromatic carbocycles. The molecule has 0 atom stereocenters. The molecule has 1 amide bonds. The molecule has 1 aromatic heterocycles. The van der Waals surface area contributed by atoms with Crippen molar-refractivity contribution in [2.24, 2.45) is 0 Å². The number of nitrogens with zero attached hydrogens (tertiary/aromatic N) is 4. The number of rotatable bonds is 6. The fourth-order valence-corrected chi connectivity index (χ4v) is 2.29. The summed E-state index contributed by atoms with van der Waals surface area (Å²) >= 11 is 0. The molecule has 1 saturated heterocycles. The molecule has 0 aliphatic carbocycles. The lowest BCUT2D eigenvalue weighted by Gasteiger charge is -2.34. The van der Waals surface area contributed by atoms with Gasteiger partial charge in [-0.1, -0.05) is 0 Å². The molecule has 1 aliphatic heterocycles. The van der Waals surface area contributed by atoms with Crippen molar-refractivity contribution in [3.05, 3.63) is 11.8 Å². The third-order valence-corrected chi connectivity index (χ3v) is 3.45. The van der Waals surface area contributed by atoms with E-state index in [9.17, 15) is 4.79 Å². The van der Waals surface area contributed by atoms with E-state index in [4.69, 9.17) is 9.15 Å². The number of hydrogen-bond acceptors (Lipinski definition) is 6. The molecule has 2 rings (SSSR count). The van der Waals surface area contributed by atoms with Gasteiger partial charge in [0.1, 0.15) is 6.42 Å². The second kappa shape index (κ2) is 7.51. The summed E-state index contributed by atoms with van der Waals surface area (Å²) in [5, 5.41) is 7.60. The summed E-state index contributed by atoms with van der Waals surface area (Å²) in [5.74, 6) is 0.940. The summed E-state index contributed by atoms with van der Waals surface area (Å²) in [6, 6.07) is 0. The van der Waals surface area contributed by atoms with Crippen molar-refractivity contribution < 1.29 is 13.9 Å². The van der Waals surface area contributed by atoms with Crippen LogP contribution in [-0.2, 0) is 16.0 Å². The van der Waals surface area contributed by atoms with Gasteiger partial charge in [0.05, 0.1) is 12.7 Å². The van der Waals surface area contributed by atoms with Crippen LogP contribution < -0.4 is 0 Å². The molecule has 0 radical (unpaired) electrons. The molecule has 0 N–H and O–H groups in total. The molecule has 1 fully saturated rings. The maximum atomic E-state index is 12.1. The van der Waals surface area contributed by atoms with Gasteiger partial charge in [-0.15, -0.1) is 10.2 Å². The number of carbonyl (C=O) groups is 1. The molecular formula is C14H24N4O3. The van der Waals surface area contributed by atoms with Crippen LogP contribution in [0, 0.1) is 6.92 Å². The van der Waals surface area contributed by atoms with Gasteiger partial charge < -0.3 is 14.1 Å². The Hall–Kier alpha value is -1.47. The third kappa shape index (κ3) is 5.09. The maximum Gasteiger partial charge on any atom is 0.232 e. The molecule has 7 nitrogen and oxygen atoms in total. The van der Waals surface area contributed by atoms with E-state index in [0.29, 0.717) is 11.8 Å². The number of aromatic nitrogens is 2. The fourth-order valence-electron chi connectivity index (χ4n) is 2.29. The summed E-state index contributed by atoms with van der Waals surface area (Å²) in [5.41, 5.74) is 0. The molecule has 7 heteroatoms. The number of piperazine rings is 1. The van der Waals surface area contributed by atoms with Gasteiger partial charge in [0.15, 0.2) is 0 Å². The fraction of sp³-hybridized carbons (Fsp3) is 0.786. The van der Waals surface area contributed by atoms with E-state index in [2.05, 4.69) is 15.1 Å². The zero-order valence-corrected chi connectivity index (χ0v) is 13.0. The molecule has 1 aromatic rings. The van der Waals surface area contributed by atoms with Crippen LogP contribution in [0.1, 0.15) is 25.6 Å². The summed E-state index contributed by atoms with van der Waals surface area (Å²) in [6.07, 6.45) is 0.461. The second-order valence-electron chi connectivity index (χ2n) is 5.53. The van der Waals surface area contributed by atoms with Crippen LogP contribution in [0.2, 0.25) is 0 Å². The number of amides is 1. The first kappa shape index (κ1) is 15.9. The summed E-state index contributed by atoms with van der Waals surface area (Å²) in [7, 11) is 0. The zero-order chi connectivity index (χ0) is 15.2. The van der Waals surface area contributed by atoms with Gasteiger partial charge in [0.25, 0.3) is 0 Å². The Morgan fingerprint density at radius 3 is 2.57 bits per heavy atom. The highest BCUT2D eigenvalue weighted by Gasteiger charge is 2.22. The van der Waals surface area contributed by atoms with Gasteiger partial charge in [-0.3, -0.25) is 9.69 Å². The van der Waals surface area contributed by atoms with Crippen LogP contribution in [0.4, 0.5) is 0 Å². The van der Waals surface area contributed by atoms with Crippen LogP contribution in [0.5, 0.6) is 0 Å². The van der Waals surface area contributed by atoms with Crippen LogP contribution >= 0.6 is 0 Å². The predicted molar refractivity (Wildman–Crippen MR) is 76.8 cm³/mol. The Labute approximate surface area is 125 Å². The lowest BCUT2D eigenvalue weighted by molar-refractivity contribution is -0.132. The second-order valence-corrected chi connectivity index (χ2v) is 5.53. The monoisotopic (exact) mass is 296 g/mol. The van der Waals surface area contributed by atoms with Crippen molar-refractivity contribution in [3.8, 4) is 0 Å². The van der Waals surface area contributed by atoms with Crippen molar-refractivity contribution >= 4 is 5.91 Å². The van der Waals surface area contributed by atoms with Gasteiger partial charge in [0.2, 0.25) is 17.7 Å². The Morgan fingerprint density at radius 1 is 1.29 bits per heavy atom. The molecular weight excluding hydrogens is 272 g/mol. The van der Waals surface area contributed by atoms with Gasteiger partial charge in [-0.05, 0) is 13.8 Å². The Bertz CT molecular complexity index is 453. The van der Waals surface area contributed by atoms with E-state index in [-0.39, 0.29) is 18.4 Å². The summed E-state index contributed by atoms with van der Waals surface area (Å²) < 4.78 is 10.8. The van der Waals surface area contributed by atoms with Crippen LogP contribution in [0.3, 0.4) is 0 Å². The van der Waals surface area contributed by atoms with E-state index >= 15 is 0 Å². The quantitative estimate of drug-likeness (QED) is 0.761. The van der Waals surface area contributed by atoms with Crippen molar-refractivity contribution in [2.45, 2.75) is 33.3 Å². The van der Waals surface area contributed by atoms with E-state index in [1.54, 1.807) is 6.92 Å². The first-order valence-electron chi connectivity index (χ1n) is 7.45. The minimum Gasteiger partial charge on any atom is -0.425 e. The molecule has 0 bridgehead atoms. The SMILES string of the molecule is Cc1nnc(CC(=O)N2CCN(CCOC(C)C)CC2)o1. The maximum absolute atomic E-state index is 12.1. The van der Waals surface area contributed by atoms with Gasteiger partial charge in [-0.25, -0.2) is 0 Å². The van der Waals surface area contributed by atoms with Gasteiger partial charge >= 0.3 is 0 Å². The predicted octanol–water partition coefficient (Wildman–Crippen LogP) is 0.490. The number of hydrogen-bond donors (Lipinski definition) is 0. The lowest BCUT2D eigenvalue weighted by atomic mass is 10.2. The topological polar surface area (TPSA) is 71.7 Å². The molecule has 0 saturated carbocycles. The number of ether oxygens (including phenoxy) is 1. The van der Waals surface area contributed by atoms with Crippen molar-refractivity contribution in [1.82, 2.24) is 20.0 Å². The molecule has 21 heavy (non-hydrogen) atoms. The lowest BCUT2D eigenvalue weighted by Crippen LogP contribution is -2.49. The standard InChI is InChI=1S/C14H24N4O3/c1-11(2)20-9-8-17-4-6-18(7-5-17)14(19)10-13-16-15-12(3)21-13/h11H,4-10H2,1-3H3. The van der Waals surface area contributed by atoms with Crippen LogP contribution in [0.25, 0.3) is 0 Å². The highest BCUT2D eigenvalue weighted by Crippen LogP contribution is 2.06. The minimum atomic E-state index is 0.0525. The van der Waals surface area contributed by atoms with Crippen molar-refractivity contribution in [2.75, 3.05) is 39.3 Å². The van der Waals surface area contributed by atoms with E-state index in [1.165, 1.54) is 0 Å².